The van der Waals surface area contributed by atoms with Crippen molar-refractivity contribution in [2.24, 2.45) is 0 Å². The molecule has 0 spiro atoms. The van der Waals surface area contributed by atoms with E-state index in [-0.39, 0.29) is 5.69 Å². The van der Waals surface area contributed by atoms with E-state index in [9.17, 15) is 4.79 Å². The zero-order valence-electron chi connectivity index (χ0n) is 8.77. The average molecular weight is 227 g/mol. The highest BCUT2D eigenvalue weighted by Gasteiger charge is 2.09. The summed E-state index contributed by atoms with van der Waals surface area (Å²) < 4.78 is 0. The largest absolute Gasteiger partial charge is 0.477 e. The van der Waals surface area contributed by atoms with Crippen molar-refractivity contribution in [2.45, 2.75) is 0 Å². The standard InChI is InChI=1S/C12H9N3O2/c13-6-1-2-9-7(3-6)8-4-10(12(16)17)14-5-11(8)15-9/h1-5,15H,13H2,(H,16,17). The third kappa shape index (κ3) is 1.40. The molecule has 5 heteroatoms. The number of nitrogens with two attached hydrogens (primary N) is 1. The van der Waals surface area contributed by atoms with Crippen LogP contribution in [0.1, 0.15) is 10.5 Å². The van der Waals surface area contributed by atoms with Crippen LogP contribution in [0.25, 0.3) is 21.8 Å². The number of anilines is 1. The van der Waals surface area contributed by atoms with Gasteiger partial charge in [0, 0.05) is 22.0 Å². The lowest BCUT2D eigenvalue weighted by atomic mass is 10.1. The van der Waals surface area contributed by atoms with Crippen molar-refractivity contribution in [3.63, 3.8) is 0 Å². The molecule has 0 saturated carbocycles. The van der Waals surface area contributed by atoms with E-state index in [1.807, 2.05) is 12.1 Å². The van der Waals surface area contributed by atoms with E-state index in [1.165, 1.54) is 6.20 Å². The van der Waals surface area contributed by atoms with E-state index >= 15 is 0 Å². The fourth-order valence-electron chi connectivity index (χ4n) is 1.93. The predicted molar refractivity (Wildman–Crippen MR) is 65.0 cm³/mol. The van der Waals surface area contributed by atoms with Crippen molar-refractivity contribution in [2.75, 3.05) is 5.73 Å². The first-order valence-electron chi connectivity index (χ1n) is 5.05. The van der Waals surface area contributed by atoms with Crippen molar-refractivity contribution in [1.82, 2.24) is 9.97 Å². The lowest BCUT2D eigenvalue weighted by Gasteiger charge is -1.95. The number of fused-ring (bicyclic) bond motifs is 3. The summed E-state index contributed by atoms with van der Waals surface area (Å²) in [6.45, 7) is 0. The van der Waals surface area contributed by atoms with Crippen LogP contribution < -0.4 is 5.73 Å². The summed E-state index contributed by atoms with van der Waals surface area (Å²) in [6.07, 6.45) is 1.52. The van der Waals surface area contributed by atoms with Crippen molar-refractivity contribution >= 4 is 33.5 Å². The number of nitrogens with zero attached hydrogens (tertiary/aromatic N) is 1. The summed E-state index contributed by atoms with van der Waals surface area (Å²) in [4.78, 5) is 17.9. The Kier molecular flexibility index (Phi) is 1.82. The number of pyridine rings is 1. The van der Waals surface area contributed by atoms with Crippen LogP contribution in [0.3, 0.4) is 0 Å². The Hall–Kier alpha value is -2.56. The summed E-state index contributed by atoms with van der Waals surface area (Å²) >= 11 is 0. The number of benzene rings is 1. The van der Waals surface area contributed by atoms with Crippen LogP contribution in [-0.2, 0) is 0 Å². The zero-order valence-corrected chi connectivity index (χ0v) is 8.77. The second-order valence-corrected chi connectivity index (χ2v) is 3.85. The van der Waals surface area contributed by atoms with E-state index in [0.717, 1.165) is 21.8 Å². The molecule has 84 valence electrons. The van der Waals surface area contributed by atoms with Crippen LogP contribution in [-0.4, -0.2) is 21.0 Å². The second-order valence-electron chi connectivity index (χ2n) is 3.85. The Morgan fingerprint density at radius 1 is 1.24 bits per heavy atom. The van der Waals surface area contributed by atoms with Crippen molar-refractivity contribution < 1.29 is 9.90 Å². The Morgan fingerprint density at radius 3 is 2.76 bits per heavy atom. The smallest absolute Gasteiger partial charge is 0.354 e. The third-order valence-electron chi connectivity index (χ3n) is 2.73. The maximum Gasteiger partial charge on any atom is 0.354 e. The number of hydrogen-bond donors (Lipinski definition) is 3. The molecule has 0 aliphatic rings. The van der Waals surface area contributed by atoms with Gasteiger partial charge < -0.3 is 15.8 Å². The molecule has 17 heavy (non-hydrogen) atoms. The SMILES string of the molecule is Nc1ccc2[nH]c3cnc(C(=O)O)cc3c2c1. The molecule has 0 aliphatic carbocycles. The Balaban J connectivity index is 2.43. The third-order valence-corrected chi connectivity index (χ3v) is 2.73. The Bertz CT molecular complexity index is 746. The lowest BCUT2D eigenvalue weighted by Crippen LogP contribution is -1.98. The maximum atomic E-state index is 10.9. The van der Waals surface area contributed by atoms with Gasteiger partial charge in [0.2, 0.25) is 0 Å². The van der Waals surface area contributed by atoms with Gasteiger partial charge in [0.25, 0.3) is 0 Å². The minimum atomic E-state index is -1.04. The highest BCUT2D eigenvalue weighted by atomic mass is 16.4. The molecule has 2 aromatic heterocycles. The van der Waals surface area contributed by atoms with Crippen molar-refractivity contribution in [3.8, 4) is 0 Å². The minimum Gasteiger partial charge on any atom is -0.477 e. The number of carbonyl (C=O) groups is 1. The number of carboxylic acids is 1. The monoisotopic (exact) mass is 227 g/mol. The van der Waals surface area contributed by atoms with Gasteiger partial charge >= 0.3 is 5.97 Å². The van der Waals surface area contributed by atoms with E-state index < -0.39 is 5.97 Å². The molecule has 1 aromatic carbocycles. The molecule has 3 aromatic rings. The second kappa shape index (κ2) is 3.21. The summed E-state index contributed by atoms with van der Waals surface area (Å²) in [6, 6.07) is 7.03. The fourth-order valence-corrected chi connectivity index (χ4v) is 1.93. The number of rotatable bonds is 1. The fraction of sp³-hybridized carbons (Fsp3) is 0. The van der Waals surface area contributed by atoms with Crippen LogP contribution in [0.15, 0.2) is 30.5 Å². The predicted octanol–water partition coefficient (Wildman–Crippen LogP) is 2.00. The average Bonchev–Trinajstić information content (AvgIpc) is 2.66. The number of carboxylic acid groups (broad SMARTS) is 1. The molecule has 0 radical (unpaired) electrons. The van der Waals surface area contributed by atoms with Crippen LogP contribution >= 0.6 is 0 Å². The quantitative estimate of drug-likeness (QED) is 0.554. The van der Waals surface area contributed by atoms with Gasteiger partial charge in [-0.05, 0) is 24.3 Å². The molecule has 0 bridgehead atoms. The summed E-state index contributed by atoms with van der Waals surface area (Å²) in [5, 5.41) is 10.6. The molecule has 5 nitrogen and oxygen atoms in total. The number of aromatic carboxylic acids is 1. The summed E-state index contributed by atoms with van der Waals surface area (Å²) in [5.41, 5.74) is 8.12. The van der Waals surface area contributed by atoms with E-state index in [0.29, 0.717) is 5.69 Å². The zero-order chi connectivity index (χ0) is 12.0. The molecule has 0 aliphatic heterocycles. The van der Waals surface area contributed by atoms with Gasteiger partial charge in [-0.1, -0.05) is 0 Å². The van der Waals surface area contributed by atoms with E-state index in [1.54, 1.807) is 12.1 Å². The molecule has 2 heterocycles. The van der Waals surface area contributed by atoms with Gasteiger partial charge in [-0.2, -0.15) is 0 Å². The van der Waals surface area contributed by atoms with Gasteiger partial charge in [-0.25, -0.2) is 9.78 Å². The first-order chi connectivity index (χ1) is 8.15. The highest BCUT2D eigenvalue weighted by molar-refractivity contribution is 6.09. The van der Waals surface area contributed by atoms with Gasteiger partial charge in [-0.15, -0.1) is 0 Å². The van der Waals surface area contributed by atoms with Crippen LogP contribution in [0, 0.1) is 0 Å². The molecule has 0 amide bonds. The summed E-state index contributed by atoms with van der Waals surface area (Å²) in [7, 11) is 0. The molecule has 3 rings (SSSR count). The first kappa shape index (κ1) is 9.65. The number of nitrogen functional groups attached to an aromatic ring is 1. The Labute approximate surface area is 95.9 Å². The number of H-pyrrole nitrogens is 1. The van der Waals surface area contributed by atoms with Crippen molar-refractivity contribution in [3.05, 3.63) is 36.2 Å². The summed E-state index contributed by atoms with van der Waals surface area (Å²) in [5.74, 6) is -1.04. The first-order valence-corrected chi connectivity index (χ1v) is 5.05. The molecule has 0 fully saturated rings. The van der Waals surface area contributed by atoms with E-state index in [2.05, 4.69) is 9.97 Å². The van der Waals surface area contributed by atoms with Gasteiger partial charge in [0.15, 0.2) is 0 Å². The Morgan fingerprint density at radius 2 is 2.00 bits per heavy atom. The van der Waals surface area contributed by atoms with Crippen LogP contribution in [0.2, 0.25) is 0 Å². The molecular weight excluding hydrogens is 218 g/mol. The molecule has 0 saturated heterocycles. The van der Waals surface area contributed by atoms with Crippen LogP contribution in [0.4, 0.5) is 5.69 Å². The lowest BCUT2D eigenvalue weighted by molar-refractivity contribution is 0.0691. The van der Waals surface area contributed by atoms with Gasteiger partial charge in [0.1, 0.15) is 5.69 Å². The highest BCUT2D eigenvalue weighted by Crippen LogP contribution is 2.26. The topological polar surface area (TPSA) is 92.0 Å². The number of hydrogen-bond acceptors (Lipinski definition) is 3. The molecule has 0 atom stereocenters. The molecular formula is C12H9N3O2. The van der Waals surface area contributed by atoms with Gasteiger partial charge in [0.05, 0.1) is 11.7 Å². The van der Waals surface area contributed by atoms with Crippen LogP contribution in [0.5, 0.6) is 0 Å². The van der Waals surface area contributed by atoms with E-state index in [4.69, 9.17) is 10.8 Å². The molecule has 4 N–H and O–H groups in total. The van der Waals surface area contributed by atoms with Crippen molar-refractivity contribution in [1.29, 1.82) is 0 Å². The normalized spacial score (nSPS) is 11.1. The number of aromatic nitrogens is 2. The number of aromatic amines is 1. The maximum absolute atomic E-state index is 10.9. The van der Waals surface area contributed by atoms with Gasteiger partial charge in [-0.3, -0.25) is 0 Å². The molecule has 0 unspecified atom stereocenters. The number of nitrogens with one attached hydrogen (secondary N) is 1. The minimum absolute atomic E-state index is 0.0285.